The molecular weight excluding hydrogens is 456 g/mol. The Bertz CT molecular complexity index is 1220. The lowest BCUT2D eigenvalue weighted by atomic mass is 9.85. The van der Waals surface area contributed by atoms with Gasteiger partial charge in [-0.3, -0.25) is 14.4 Å². The lowest BCUT2D eigenvalue weighted by Gasteiger charge is -2.18. The molecule has 0 radical (unpaired) electrons. The molecule has 0 saturated carbocycles. The minimum absolute atomic E-state index is 0.0217. The fraction of sp³-hybridized carbons (Fsp3) is 0.233. The summed E-state index contributed by atoms with van der Waals surface area (Å²) in [6.45, 7) is 9.30. The average molecular weight is 489 g/mol. The molecule has 0 amide bonds. The van der Waals surface area contributed by atoms with Gasteiger partial charge in [0.1, 0.15) is 11.5 Å². The molecule has 0 aliphatic heterocycles. The van der Waals surface area contributed by atoms with Crippen molar-refractivity contribution < 1.29 is 29.0 Å². The van der Waals surface area contributed by atoms with E-state index < -0.39 is 0 Å². The van der Waals surface area contributed by atoms with E-state index in [1.54, 1.807) is 43.5 Å². The maximum absolute atomic E-state index is 12.2. The summed E-state index contributed by atoms with van der Waals surface area (Å²) in [4.78, 5) is 35.2. The van der Waals surface area contributed by atoms with Crippen LogP contribution in [0.15, 0.2) is 90.3 Å². The number of carbonyl (C=O) groups is 3. The zero-order valence-corrected chi connectivity index (χ0v) is 21.3. The van der Waals surface area contributed by atoms with E-state index in [9.17, 15) is 19.5 Å². The molecule has 0 fully saturated rings. The van der Waals surface area contributed by atoms with E-state index in [4.69, 9.17) is 9.47 Å². The van der Waals surface area contributed by atoms with Gasteiger partial charge in [-0.2, -0.15) is 0 Å². The van der Waals surface area contributed by atoms with Crippen molar-refractivity contribution in [3.05, 3.63) is 107 Å². The predicted octanol–water partition coefficient (Wildman–Crippen LogP) is 5.68. The van der Waals surface area contributed by atoms with Gasteiger partial charge in [0.2, 0.25) is 5.78 Å². The number of allylic oxidation sites excluding steroid dienone is 6. The Hall–Kier alpha value is -4.19. The largest absolute Gasteiger partial charge is 0.508 e. The first-order valence-electron chi connectivity index (χ1n) is 11.4. The summed E-state index contributed by atoms with van der Waals surface area (Å²) >= 11 is 0. The molecule has 1 N–H and O–H groups in total. The van der Waals surface area contributed by atoms with Gasteiger partial charge in [0, 0.05) is 23.1 Å². The van der Waals surface area contributed by atoms with Crippen LogP contribution in [0.4, 0.5) is 0 Å². The summed E-state index contributed by atoms with van der Waals surface area (Å²) in [5.74, 6) is 0.150. The molecule has 0 bridgehead atoms. The summed E-state index contributed by atoms with van der Waals surface area (Å²) < 4.78 is 9.98. The third-order valence-electron chi connectivity index (χ3n) is 5.56. The lowest BCUT2D eigenvalue weighted by Crippen LogP contribution is -2.18. The van der Waals surface area contributed by atoms with E-state index in [1.165, 1.54) is 31.8 Å². The number of benzene rings is 2. The molecule has 1 aliphatic carbocycles. The highest BCUT2D eigenvalue weighted by Gasteiger charge is 2.26. The molecule has 6 heteroatoms. The fourth-order valence-electron chi connectivity index (χ4n) is 3.50. The maximum Gasteiger partial charge on any atom is 0.220 e. The SMILES string of the molecule is C=CC(C1=CC(=O)C(OC)=CC1=O)c1ccc(OC)cc1.CC(=O)c1ccc(O)c(CC=C(C)C)c1. The van der Waals surface area contributed by atoms with Gasteiger partial charge in [0.25, 0.3) is 0 Å². The van der Waals surface area contributed by atoms with Gasteiger partial charge in [-0.25, -0.2) is 0 Å². The van der Waals surface area contributed by atoms with Gasteiger partial charge in [0.05, 0.1) is 14.2 Å². The minimum Gasteiger partial charge on any atom is -0.508 e. The molecule has 1 unspecified atom stereocenters. The Morgan fingerprint density at radius 2 is 1.64 bits per heavy atom. The van der Waals surface area contributed by atoms with Crippen LogP contribution in [-0.4, -0.2) is 36.7 Å². The van der Waals surface area contributed by atoms with Crippen LogP contribution in [0.2, 0.25) is 0 Å². The van der Waals surface area contributed by atoms with Crippen molar-refractivity contribution in [1.82, 2.24) is 0 Å². The van der Waals surface area contributed by atoms with Crippen LogP contribution >= 0.6 is 0 Å². The van der Waals surface area contributed by atoms with Gasteiger partial charge in [0.15, 0.2) is 17.3 Å². The third-order valence-corrected chi connectivity index (χ3v) is 5.56. The molecule has 0 aromatic heterocycles. The Labute approximate surface area is 212 Å². The van der Waals surface area contributed by atoms with Gasteiger partial charge in [-0.15, -0.1) is 6.58 Å². The first-order chi connectivity index (χ1) is 17.1. The number of Topliss-reactive ketones (excluding diaryl/α,β-unsaturated/α-hetero) is 1. The first kappa shape index (κ1) is 28.1. The molecule has 6 nitrogen and oxygen atoms in total. The van der Waals surface area contributed by atoms with Crippen LogP contribution in [-0.2, 0) is 20.7 Å². The second kappa shape index (κ2) is 13.0. The summed E-state index contributed by atoms with van der Waals surface area (Å²) in [5, 5.41) is 9.59. The highest BCUT2D eigenvalue weighted by molar-refractivity contribution is 6.19. The van der Waals surface area contributed by atoms with Crippen molar-refractivity contribution in [2.24, 2.45) is 0 Å². The summed E-state index contributed by atoms with van der Waals surface area (Å²) in [6, 6.07) is 12.3. The molecule has 1 aliphatic rings. The Morgan fingerprint density at radius 3 is 2.17 bits per heavy atom. The number of hydrogen-bond acceptors (Lipinski definition) is 6. The number of carbonyl (C=O) groups excluding carboxylic acids is 3. The van der Waals surface area contributed by atoms with E-state index in [2.05, 4.69) is 6.58 Å². The molecule has 0 heterocycles. The van der Waals surface area contributed by atoms with E-state index in [1.807, 2.05) is 32.1 Å². The zero-order chi connectivity index (χ0) is 26.8. The average Bonchev–Trinajstić information content (AvgIpc) is 2.86. The topological polar surface area (TPSA) is 89.9 Å². The van der Waals surface area contributed by atoms with E-state index in [-0.39, 0.29) is 34.8 Å². The lowest BCUT2D eigenvalue weighted by molar-refractivity contribution is -0.117. The summed E-state index contributed by atoms with van der Waals surface area (Å²) in [6.07, 6.45) is 6.87. The zero-order valence-electron chi connectivity index (χ0n) is 21.3. The number of methoxy groups -OCH3 is 2. The van der Waals surface area contributed by atoms with Gasteiger partial charge >= 0.3 is 0 Å². The molecule has 3 rings (SSSR count). The number of phenols is 1. The van der Waals surface area contributed by atoms with Crippen LogP contribution in [0, 0.1) is 0 Å². The summed E-state index contributed by atoms with van der Waals surface area (Å²) in [7, 11) is 2.95. The van der Waals surface area contributed by atoms with Crippen molar-refractivity contribution in [3.8, 4) is 11.5 Å². The molecule has 2 aromatic rings. The van der Waals surface area contributed by atoms with Gasteiger partial charge in [-0.1, -0.05) is 29.9 Å². The van der Waals surface area contributed by atoms with Gasteiger partial charge in [-0.05, 0) is 74.7 Å². The third kappa shape index (κ3) is 7.40. The molecule has 1 atom stereocenters. The van der Waals surface area contributed by atoms with Crippen LogP contribution in [0.1, 0.15) is 48.2 Å². The summed E-state index contributed by atoms with van der Waals surface area (Å²) in [5.41, 5.74) is 3.89. The van der Waals surface area contributed by atoms with Crippen molar-refractivity contribution in [2.45, 2.75) is 33.1 Å². The van der Waals surface area contributed by atoms with Crippen LogP contribution in [0.3, 0.4) is 0 Å². The molecule has 0 spiro atoms. The number of hydrogen-bond donors (Lipinski definition) is 1. The van der Waals surface area contributed by atoms with Crippen LogP contribution in [0.25, 0.3) is 0 Å². The molecular formula is C30H32O6. The van der Waals surface area contributed by atoms with E-state index >= 15 is 0 Å². The van der Waals surface area contributed by atoms with Crippen molar-refractivity contribution >= 4 is 17.3 Å². The molecule has 188 valence electrons. The normalized spacial score (nSPS) is 13.4. The monoisotopic (exact) mass is 488 g/mol. The number of ether oxygens (including phenoxy) is 2. The highest BCUT2D eigenvalue weighted by atomic mass is 16.5. The second-order valence-electron chi connectivity index (χ2n) is 8.41. The maximum atomic E-state index is 12.2. The Morgan fingerprint density at radius 1 is 0.972 bits per heavy atom. The highest BCUT2D eigenvalue weighted by Crippen LogP contribution is 2.30. The molecule has 2 aromatic carbocycles. The number of rotatable bonds is 8. The van der Waals surface area contributed by atoms with Gasteiger partial charge < -0.3 is 14.6 Å². The number of phenolic OH excluding ortho intramolecular Hbond substituents is 1. The smallest absolute Gasteiger partial charge is 0.220 e. The molecule has 36 heavy (non-hydrogen) atoms. The first-order valence-corrected chi connectivity index (χ1v) is 11.4. The van der Waals surface area contributed by atoms with Crippen molar-refractivity contribution in [2.75, 3.05) is 14.2 Å². The van der Waals surface area contributed by atoms with Crippen molar-refractivity contribution in [3.63, 3.8) is 0 Å². The predicted molar refractivity (Wildman–Crippen MR) is 140 cm³/mol. The quantitative estimate of drug-likeness (QED) is 0.292. The second-order valence-corrected chi connectivity index (χ2v) is 8.41. The minimum atomic E-state index is -0.345. The fourth-order valence-corrected chi connectivity index (χ4v) is 3.50. The van der Waals surface area contributed by atoms with Crippen molar-refractivity contribution in [1.29, 1.82) is 0 Å². The van der Waals surface area contributed by atoms with E-state index in [0.29, 0.717) is 17.6 Å². The van der Waals surface area contributed by atoms with Crippen LogP contribution in [0.5, 0.6) is 11.5 Å². The number of ketones is 3. The van der Waals surface area contributed by atoms with Crippen LogP contribution < -0.4 is 4.74 Å². The van der Waals surface area contributed by atoms with E-state index in [0.717, 1.165) is 16.9 Å². The standard InChI is InChI=1S/C17H16O4.C13H16O2/c1-4-13(11-5-7-12(20-2)8-6-11)14-9-16(19)17(21-3)10-15(14)18;1-9(2)4-5-12-8-11(10(3)14)6-7-13(12)15/h4-10,13H,1H2,2-3H3;4,6-8,15H,5H2,1-3H3. The molecule has 0 saturated heterocycles. The Kier molecular flexibility index (Phi) is 10.2. The number of aromatic hydroxyl groups is 1. The Balaban J connectivity index is 0.000000269.